The van der Waals surface area contributed by atoms with E-state index >= 15 is 0 Å². The first kappa shape index (κ1) is 17.3. The highest BCUT2D eigenvalue weighted by Gasteiger charge is 2.46. The van der Waals surface area contributed by atoms with Crippen LogP contribution in [0.4, 0.5) is 0 Å². The minimum absolute atomic E-state index is 0.110. The fraction of sp³-hybridized carbons (Fsp3) is 0.579. The summed E-state index contributed by atoms with van der Waals surface area (Å²) in [4.78, 5) is 14.9. The molecule has 0 aliphatic carbocycles. The van der Waals surface area contributed by atoms with Crippen LogP contribution in [0.5, 0.6) is 0 Å². The molecule has 4 rings (SSSR count). The molecule has 0 unspecified atom stereocenters. The van der Waals surface area contributed by atoms with Crippen LogP contribution in [-0.2, 0) is 23.3 Å². The van der Waals surface area contributed by atoms with Crippen molar-refractivity contribution >= 4 is 5.91 Å². The van der Waals surface area contributed by atoms with E-state index < -0.39 is 0 Å². The monoisotopic (exact) mass is 358 g/mol. The molecule has 2 aromatic rings. The molecule has 0 bridgehead atoms. The first-order chi connectivity index (χ1) is 12.6. The van der Waals surface area contributed by atoms with Crippen molar-refractivity contribution in [2.24, 2.45) is 5.92 Å². The van der Waals surface area contributed by atoms with E-state index in [9.17, 15) is 4.79 Å². The number of rotatable bonds is 5. The average molecular weight is 358 g/mol. The third kappa shape index (κ3) is 3.17. The van der Waals surface area contributed by atoms with Crippen molar-refractivity contribution in [3.05, 3.63) is 41.1 Å². The summed E-state index contributed by atoms with van der Waals surface area (Å²) in [6, 6.07) is 2.00. The molecule has 26 heavy (non-hydrogen) atoms. The summed E-state index contributed by atoms with van der Waals surface area (Å²) in [5.74, 6) is 0.285. The Morgan fingerprint density at radius 2 is 2.38 bits per heavy atom. The van der Waals surface area contributed by atoms with E-state index in [1.165, 1.54) is 5.56 Å². The lowest BCUT2D eigenvalue weighted by atomic mass is 9.80. The summed E-state index contributed by atoms with van der Waals surface area (Å²) in [6.07, 6.45) is 4.49. The number of hydrogen-bond acceptors (Lipinski definition) is 5. The Kier molecular flexibility index (Phi) is 4.58. The number of hydrogen-bond donors (Lipinski definition) is 2. The van der Waals surface area contributed by atoms with E-state index in [4.69, 9.17) is 9.15 Å². The SMILES string of the molecule is CC(C)CNC(=O)c1n[nH]c2c1COC[C@@]21CCN(Cc2ccoc2)C1. The van der Waals surface area contributed by atoms with Gasteiger partial charge in [-0.05, 0) is 24.9 Å². The number of nitrogens with one attached hydrogen (secondary N) is 2. The normalized spacial score (nSPS) is 22.9. The number of amides is 1. The van der Waals surface area contributed by atoms with E-state index in [0.717, 1.165) is 37.3 Å². The molecule has 7 heteroatoms. The molecule has 1 fully saturated rings. The quantitative estimate of drug-likeness (QED) is 0.855. The molecule has 0 radical (unpaired) electrons. The van der Waals surface area contributed by atoms with Gasteiger partial charge in [0.15, 0.2) is 5.69 Å². The number of aromatic amines is 1. The Bertz CT molecular complexity index is 768. The number of H-pyrrole nitrogens is 1. The zero-order chi connectivity index (χ0) is 18.1. The van der Waals surface area contributed by atoms with Gasteiger partial charge >= 0.3 is 0 Å². The first-order valence-corrected chi connectivity index (χ1v) is 9.24. The highest BCUT2D eigenvalue weighted by atomic mass is 16.5. The second-order valence-electron chi connectivity index (χ2n) is 7.90. The highest BCUT2D eigenvalue weighted by Crippen LogP contribution is 2.40. The maximum Gasteiger partial charge on any atom is 0.272 e. The predicted octanol–water partition coefficient (Wildman–Crippen LogP) is 2.06. The van der Waals surface area contributed by atoms with Crippen LogP contribution in [0.1, 0.15) is 47.6 Å². The molecular weight excluding hydrogens is 332 g/mol. The zero-order valence-electron chi connectivity index (χ0n) is 15.4. The molecule has 7 nitrogen and oxygen atoms in total. The van der Waals surface area contributed by atoms with Crippen LogP contribution in [0.3, 0.4) is 0 Å². The van der Waals surface area contributed by atoms with Crippen molar-refractivity contribution in [3.8, 4) is 0 Å². The fourth-order valence-electron chi connectivity index (χ4n) is 3.99. The fourth-order valence-corrected chi connectivity index (χ4v) is 3.99. The lowest BCUT2D eigenvalue weighted by Crippen LogP contribution is -2.40. The molecule has 140 valence electrons. The Hall–Kier alpha value is -2.12. The number of ether oxygens (including phenoxy) is 1. The number of nitrogens with zero attached hydrogens (tertiary/aromatic N) is 2. The molecule has 0 aromatic carbocycles. The zero-order valence-corrected chi connectivity index (χ0v) is 15.4. The number of furan rings is 1. The van der Waals surface area contributed by atoms with E-state index in [1.807, 2.05) is 6.07 Å². The van der Waals surface area contributed by atoms with Gasteiger partial charge in [0.2, 0.25) is 0 Å². The van der Waals surface area contributed by atoms with Crippen molar-refractivity contribution in [3.63, 3.8) is 0 Å². The molecule has 1 atom stereocenters. The topological polar surface area (TPSA) is 83.4 Å². The van der Waals surface area contributed by atoms with Gasteiger partial charge in [-0.1, -0.05) is 13.8 Å². The predicted molar refractivity (Wildman–Crippen MR) is 95.7 cm³/mol. The van der Waals surface area contributed by atoms with Crippen LogP contribution >= 0.6 is 0 Å². The van der Waals surface area contributed by atoms with Gasteiger partial charge in [0.05, 0.1) is 31.4 Å². The van der Waals surface area contributed by atoms with Crippen LogP contribution in [0.15, 0.2) is 23.0 Å². The van der Waals surface area contributed by atoms with Gasteiger partial charge in [-0.2, -0.15) is 5.10 Å². The minimum Gasteiger partial charge on any atom is -0.472 e. The Balaban J connectivity index is 1.52. The number of fused-ring (bicyclic) bond motifs is 2. The van der Waals surface area contributed by atoms with Crippen LogP contribution < -0.4 is 5.32 Å². The third-order valence-electron chi connectivity index (χ3n) is 5.33. The van der Waals surface area contributed by atoms with Gasteiger partial charge in [0.25, 0.3) is 5.91 Å². The summed E-state index contributed by atoms with van der Waals surface area (Å²) >= 11 is 0. The van der Waals surface area contributed by atoms with Crippen molar-refractivity contribution in [1.29, 1.82) is 0 Å². The number of likely N-dealkylation sites (tertiary alicyclic amines) is 1. The Morgan fingerprint density at radius 1 is 1.50 bits per heavy atom. The molecule has 2 N–H and O–H groups in total. The average Bonchev–Trinajstić information content (AvgIpc) is 3.34. The first-order valence-electron chi connectivity index (χ1n) is 9.24. The number of carbonyl (C=O) groups is 1. The molecule has 1 amide bonds. The van der Waals surface area contributed by atoms with E-state index in [0.29, 0.717) is 31.4 Å². The van der Waals surface area contributed by atoms with Crippen molar-refractivity contribution in [2.45, 2.75) is 38.8 Å². The van der Waals surface area contributed by atoms with Gasteiger partial charge in [-0.15, -0.1) is 0 Å². The smallest absolute Gasteiger partial charge is 0.272 e. The second kappa shape index (κ2) is 6.89. The number of carbonyl (C=O) groups excluding carboxylic acids is 1. The van der Waals surface area contributed by atoms with E-state index in [1.54, 1.807) is 12.5 Å². The summed E-state index contributed by atoms with van der Waals surface area (Å²) in [5, 5.41) is 10.5. The lowest BCUT2D eigenvalue weighted by Gasteiger charge is -2.33. The summed E-state index contributed by atoms with van der Waals surface area (Å²) in [5.41, 5.74) is 3.54. The van der Waals surface area contributed by atoms with Gasteiger partial charge in [-0.3, -0.25) is 14.8 Å². The standard InChI is InChI=1S/C19H26N4O3/c1-13(2)7-20-18(24)16-15-10-26-12-19(17(15)22-21-16)4-5-23(11-19)8-14-3-6-25-9-14/h3,6,9,13H,4-5,7-8,10-12H2,1-2H3,(H,20,24)(H,21,22)/t19-/m0/s1. The molecule has 0 saturated carbocycles. The maximum atomic E-state index is 12.5. The van der Waals surface area contributed by atoms with Crippen molar-refractivity contribution in [2.75, 3.05) is 26.2 Å². The molecule has 2 aromatic heterocycles. The van der Waals surface area contributed by atoms with Crippen LogP contribution in [0.2, 0.25) is 0 Å². The molecule has 1 saturated heterocycles. The van der Waals surface area contributed by atoms with Gasteiger partial charge in [-0.25, -0.2) is 0 Å². The second-order valence-corrected chi connectivity index (χ2v) is 7.90. The molecule has 4 heterocycles. The van der Waals surface area contributed by atoms with Gasteiger partial charge < -0.3 is 14.5 Å². The summed E-state index contributed by atoms with van der Waals surface area (Å²) in [7, 11) is 0. The Morgan fingerprint density at radius 3 is 3.15 bits per heavy atom. The largest absolute Gasteiger partial charge is 0.472 e. The van der Waals surface area contributed by atoms with Crippen molar-refractivity contribution in [1.82, 2.24) is 20.4 Å². The van der Waals surface area contributed by atoms with E-state index in [2.05, 4.69) is 34.3 Å². The van der Waals surface area contributed by atoms with Crippen molar-refractivity contribution < 1.29 is 13.9 Å². The van der Waals surface area contributed by atoms with E-state index in [-0.39, 0.29) is 11.3 Å². The van der Waals surface area contributed by atoms with Crippen LogP contribution in [-0.4, -0.2) is 47.2 Å². The molecule has 2 aliphatic heterocycles. The molecule has 2 aliphatic rings. The number of aromatic nitrogens is 2. The van der Waals surface area contributed by atoms with Gasteiger partial charge in [0, 0.05) is 36.2 Å². The maximum absolute atomic E-state index is 12.5. The highest BCUT2D eigenvalue weighted by molar-refractivity contribution is 5.94. The minimum atomic E-state index is -0.120. The van der Waals surface area contributed by atoms with Crippen LogP contribution in [0.25, 0.3) is 0 Å². The third-order valence-corrected chi connectivity index (χ3v) is 5.33. The molecule has 1 spiro atoms. The lowest BCUT2D eigenvalue weighted by molar-refractivity contribution is 0.0509. The van der Waals surface area contributed by atoms with Gasteiger partial charge in [0.1, 0.15) is 0 Å². The summed E-state index contributed by atoms with van der Waals surface area (Å²) < 4.78 is 11.1. The summed E-state index contributed by atoms with van der Waals surface area (Å²) in [6.45, 7) is 8.64. The molecular formula is C19H26N4O3. The van der Waals surface area contributed by atoms with Crippen LogP contribution in [0, 0.1) is 5.92 Å². The Labute approximate surface area is 153 Å².